The van der Waals surface area contributed by atoms with Gasteiger partial charge in [0.25, 0.3) is 11.8 Å². The van der Waals surface area contributed by atoms with Crippen LogP contribution in [0.4, 0.5) is 0 Å². The van der Waals surface area contributed by atoms with Gasteiger partial charge in [0.05, 0.1) is 7.11 Å². The number of hydrogen-bond donors (Lipinski definition) is 2. The number of methoxy groups -OCH3 is 1. The molecular formula is C23H22N2O9S. The topological polar surface area (TPSA) is 145 Å². The number of carboxylic acids is 1. The first-order valence-corrected chi connectivity index (χ1v) is 11.5. The minimum Gasteiger partial charge on any atom is -0.493 e. The second-order valence-corrected chi connectivity index (χ2v) is 8.71. The minimum atomic E-state index is -1.30. The number of thioether (sulfide) groups is 1. The van der Waals surface area contributed by atoms with Crippen molar-refractivity contribution in [2.24, 2.45) is 0 Å². The molecule has 0 unspecified atom stereocenters. The summed E-state index contributed by atoms with van der Waals surface area (Å²) in [6.07, 6.45) is 0. The lowest BCUT2D eigenvalue weighted by Gasteiger charge is -2.49. The van der Waals surface area contributed by atoms with Gasteiger partial charge in [-0.1, -0.05) is 12.1 Å². The Morgan fingerprint density at radius 3 is 2.60 bits per heavy atom. The maximum absolute atomic E-state index is 12.7. The molecule has 35 heavy (non-hydrogen) atoms. The molecule has 2 atom stereocenters. The third-order valence-electron chi connectivity index (χ3n) is 5.31. The lowest BCUT2D eigenvalue weighted by atomic mass is 10.0. The van der Waals surface area contributed by atoms with Crippen LogP contribution in [0.25, 0.3) is 0 Å². The van der Waals surface area contributed by atoms with Gasteiger partial charge in [0.15, 0.2) is 17.3 Å². The van der Waals surface area contributed by atoms with E-state index in [1.165, 1.54) is 31.9 Å². The van der Waals surface area contributed by atoms with E-state index in [-0.39, 0.29) is 30.4 Å². The Kier molecular flexibility index (Phi) is 7.01. The van der Waals surface area contributed by atoms with Crippen LogP contribution >= 0.6 is 11.8 Å². The Bertz CT molecular complexity index is 1210. The maximum Gasteiger partial charge on any atom is 0.352 e. The first-order valence-electron chi connectivity index (χ1n) is 10.5. The van der Waals surface area contributed by atoms with E-state index in [9.17, 15) is 24.3 Å². The number of carbonyl (C=O) groups is 4. The molecule has 0 radical (unpaired) electrons. The first kappa shape index (κ1) is 24.2. The molecule has 12 heteroatoms. The summed E-state index contributed by atoms with van der Waals surface area (Å²) in [5.41, 5.74) is 0.0945. The number of carbonyl (C=O) groups excluding carboxylic acids is 3. The number of hydrogen-bond acceptors (Lipinski definition) is 9. The molecule has 0 aliphatic carbocycles. The summed E-state index contributed by atoms with van der Waals surface area (Å²) in [7, 11) is 1.53. The zero-order valence-electron chi connectivity index (χ0n) is 18.8. The maximum atomic E-state index is 12.7. The van der Waals surface area contributed by atoms with Crippen LogP contribution in [0.5, 0.6) is 11.5 Å². The van der Waals surface area contributed by atoms with Gasteiger partial charge >= 0.3 is 11.9 Å². The van der Waals surface area contributed by atoms with E-state index in [1.807, 2.05) is 6.07 Å². The molecule has 1 saturated heterocycles. The van der Waals surface area contributed by atoms with Crippen LogP contribution in [0.1, 0.15) is 23.2 Å². The Morgan fingerprint density at radius 2 is 1.91 bits per heavy atom. The van der Waals surface area contributed by atoms with E-state index in [4.69, 9.17) is 18.6 Å². The fourth-order valence-corrected chi connectivity index (χ4v) is 4.99. The number of rotatable bonds is 9. The van der Waals surface area contributed by atoms with Crippen molar-refractivity contribution in [3.8, 4) is 11.5 Å². The zero-order valence-corrected chi connectivity index (χ0v) is 19.6. The molecule has 1 fully saturated rings. The number of β-lactam (4-membered cyclic amide) rings is 1. The smallest absolute Gasteiger partial charge is 0.352 e. The molecule has 184 valence electrons. The summed E-state index contributed by atoms with van der Waals surface area (Å²) < 4.78 is 21.4. The van der Waals surface area contributed by atoms with Crippen LogP contribution in [0, 0.1) is 0 Å². The van der Waals surface area contributed by atoms with Crippen molar-refractivity contribution >= 4 is 35.5 Å². The van der Waals surface area contributed by atoms with Gasteiger partial charge in [0.2, 0.25) is 0 Å². The van der Waals surface area contributed by atoms with Crippen LogP contribution in [-0.4, -0.2) is 64.6 Å². The molecule has 0 bridgehead atoms. The van der Waals surface area contributed by atoms with Crippen molar-refractivity contribution in [2.45, 2.75) is 24.9 Å². The normalized spacial score (nSPS) is 18.9. The molecule has 2 amide bonds. The van der Waals surface area contributed by atoms with Gasteiger partial charge < -0.3 is 29.1 Å². The highest BCUT2D eigenvalue weighted by Crippen LogP contribution is 2.40. The van der Waals surface area contributed by atoms with Crippen molar-refractivity contribution in [3.63, 3.8) is 0 Å². The molecule has 2 aliphatic rings. The lowest BCUT2D eigenvalue weighted by molar-refractivity contribution is -0.149. The molecule has 2 N–H and O–H groups in total. The second-order valence-electron chi connectivity index (χ2n) is 7.60. The van der Waals surface area contributed by atoms with Crippen molar-refractivity contribution in [1.29, 1.82) is 0 Å². The Morgan fingerprint density at radius 1 is 1.17 bits per heavy atom. The number of furan rings is 1. The van der Waals surface area contributed by atoms with Crippen molar-refractivity contribution < 1.29 is 42.9 Å². The number of ether oxygens (including phenoxy) is 3. The fourth-order valence-electron chi connectivity index (χ4n) is 3.66. The summed E-state index contributed by atoms with van der Waals surface area (Å²) in [6.45, 7) is 1.05. The standard InChI is InChI=1S/C23H22N2O9S/c1-12(26)32-9-13-11-35-22-18(21(28)25(22)19(13)23(29)30)24-20(27)17-8-7-14(34-17)10-33-16-6-4-3-5-15(16)31-2/h3-8,18,22H,9-11H2,1-2H3,(H,24,27)(H,29,30)/t18-,22-/m1/s1. The van der Waals surface area contributed by atoms with Crippen LogP contribution in [-0.2, 0) is 25.7 Å². The van der Waals surface area contributed by atoms with Gasteiger partial charge in [-0.15, -0.1) is 11.8 Å². The molecule has 4 rings (SSSR count). The Balaban J connectivity index is 1.38. The number of carboxylic acid groups (broad SMARTS) is 1. The number of benzene rings is 1. The molecule has 1 aromatic heterocycles. The second kappa shape index (κ2) is 10.1. The number of esters is 1. The molecular weight excluding hydrogens is 480 g/mol. The van der Waals surface area contributed by atoms with Crippen LogP contribution in [0.3, 0.4) is 0 Å². The van der Waals surface area contributed by atoms with E-state index < -0.39 is 35.2 Å². The number of nitrogens with one attached hydrogen (secondary N) is 1. The van der Waals surface area contributed by atoms with Gasteiger partial charge in [-0.05, 0) is 24.3 Å². The van der Waals surface area contributed by atoms with Gasteiger partial charge in [0.1, 0.15) is 36.1 Å². The molecule has 0 spiro atoms. The van der Waals surface area contributed by atoms with E-state index in [0.717, 1.165) is 4.90 Å². The summed E-state index contributed by atoms with van der Waals surface area (Å²) >= 11 is 1.27. The van der Waals surface area contributed by atoms with Crippen LogP contribution in [0.2, 0.25) is 0 Å². The minimum absolute atomic E-state index is 0.0137. The van der Waals surface area contributed by atoms with Gasteiger partial charge in [-0.3, -0.25) is 19.3 Å². The molecule has 2 aliphatic heterocycles. The first-order chi connectivity index (χ1) is 16.8. The molecule has 3 heterocycles. The average molecular weight is 503 g/mol. The van der Waals surface area contributed by atoms with Crippen molar-refractivity contribution in [1.82, 2.24) is 10.2 Å². The predicted molar refractivity (Wildman–Crippen MR) is 122 cm³/mol. The highest BCUT2D eigenvalue weighted by atomic mass is 32.2. The van der Waals surface area contributed by atoms with Crippen molar-refractivity contribution in [3.05, 3.63) is 59.2 Å². The summed E-state index contributed by atoms with van der Waals surface area (Å²) in [6, 6.07) is 9.23. The highest BCUT2D eigenvalue weighted by Gasteiger charge is 2.54. The fraction of sp³-hybridized carbons (Fsp3) is 0.304. The number of aliphatic carboxylic acids is 1. The summed E-state index contributed by atoms with van der Waals surface area (Å²) in [5, 5.41) is 11.6. The monoisotopic (exact) mass is 502 g/mol. The number of para-hydroxylation sites is 2. The van der Waals surface area contributed by atoms with E-state index >= 15 is 0 Å². The number of fused-ring (bicyclic) bond motifs is 1. The Labute approximate surface area is 204 Å². The summed E-state index contributed by atoms with van der Waals surface area (Å²) in [4.78, 5) is 49.4. The van der Waals surface area contributed by atoms with E-state index in [1.54, 1.807) is 24.3 Å². The van der Waals surface area contributed by atoms with Crippen molar-refractivity contribution in [2.75, 3.05) is 19.5 Å². The third-order valence-corrected chi connectivity index (χ3v) is 6.65. The average Bonchev–Trinajstić information content (AvgIpc) is 3.33. The van der Waals surface area contributed by atoms with E-state index in [2.05, 4.69) is 5.32 Å². The summed E-state index contributed by atoms with van der Waals surface area (Å²) in [5.74, 6) is -1.36. The molecule has 11 nitrogen and oxygen atoms in total. The predicted octanol–water partition coefficient (Wildman–Crippen LogP) is 1.78. The SMILES string of the molecule is COc1ccccc1OCc1ccc(C(=O)N[C@@H]2C(=O)N3C(C(=O)O)=C(COC(C)=O)CS[C@H]23)o1. The molecule has 2 aromatic rings. The van der Waals surface area contributed by atoms with Gasteiger partial charge in [-0.2, -0.15) is 0 Å². The lowest BCUT2D eigenvalue weighted by Crippen LogP contribution is -2.70. The molecule has 1 aromatic carbocycles. The highest BCUT2D eigenvalue weighted by molar-refractivity contribution is 8.00. The number of amides is 2. The Hall–Kier alpha value is -3.93. The molecule has 0 saturated carbocycles. The van der Waals surface area contributed by atoms with Gasteiger partial charge in [-0.25, -0.2) is 4.79 Å². The van der Waals surface area contributed by atoms with Gasteiger partial charge in [0, 0.05) is 18.2 Å². The van der Waals surface area contributed by atoms with Crippen LogP contribution in [0.15, 0.2) is 52.1 Å². The number of nitrogens with zero attached hydrogens (tertiary/aromatic N) is 1. The van der Waals surface area contributed by atoms with E-state index in [0.29, 0.717) is 22.8 Å². The largest absolute Gasteiger partial charge is 0.493 e. The quantitative estimate of drug-likeness (QED) is 0.384. The third kappa shape index (κ3) is 4.97. The zero-order chi connectivity index (χ0) is 25.1. The van der Waals surface area contributed by atoms with Crippen LogP contribution < -0.4 is 14.8 Å².